The van der Waals surface area contributed by atoms with Gasteiger partial charge in [-0.25, -0.2) is 9.98 Å². The van der Waals surface area contributed by atoms with Crippen molar-refractivity contribution in [1.82, 2.24) is 9.88 Å². The average Bonchev–Trinajstić information content (AvgIpc) is 3.96. The lowest BCUT2D eigenvalue weighted by atomic mass is 9.97. The molecule has 1 N–H and O–H groups in total. The third kappa shape index (κ3) is 5.25. The molecule has 0 saturated carbocycles. The molecule has 1 aliphatic carbocycles. The number of aliphatic imine (C=N–C) groups is 2. The Hall–Kier alpha value is -6.60. The number of allylic oxidation sites excluding steroid dienone is 3. The Bertz CT molecular complexity index is 3340. The van der Waals surface area contributed by atoms with Crippen LogP contribution in [-0.4, -0.2) is 16.2 Å². The van der Waals surface area contributed by atoms with E-state index in [-0.39, 0.29) is 6.17 Å². The van der Waals surface area contributed by atoms with Crippen LogP contribution in [0.15, 0.2) is 185 Å². The van der Waals surface area contributed by atoms with Crippen LogP contribution in [0.1, 0.15) is 30.1 Å². The average molecular weight is 767 g/mol. The summed E-state index contributed by atoms with van der Waals surface area (Å²) < 4.78 is 7.59. The highest BCUT2D eigenvalue weighted by Gasteiger charge is 2.23. The van der Waals surface area contributed by atoms with Crippen molar-refractivity contribution in [3.05, 3.63) is 187 Å². The van der Waals surface area contributed by atoms with E-state index in [4.69, 9.17) is 9.98 Å². The molecule has 0 spiro atoms. The molecule has 12 rings (SSSR count). The number of hydrogen-bond acceptors (Lipinski definition) is 5. The van der Waals surface area contributed by atoms with Gasteiger partial charge in [-0.15, -0.1) is 22.7 Å². The normalized spacial score (nSPS) is 15.8. The first-order chi connectivity index (χ1) is 28.2. The number of amidine groups is 2. The van der Waals surface area contributed by atoms with Crippen molar-refractivity contribution in [2.75, 3.05) is 0 Å². The van der Waals surface area contributed by atoms with Crippen LogP contribution in [0.5, 0.6) is 0 Å². The quantitative estimate of drug-likeness (QED) is 0.186. The zero-order valence-electron chi connectivity index (χ0n) is 30.8. The minimum atomic E-state index is -0.213. The number of hydrogen-bond donors (Lipinski definition) is 1. The molecule has 0 saturated heterocycles. The Kier molecular flexibility index (Phi) is 7.43. The van der Waals surface area contributed by atoms with Gasteiger partial charge in [-0.2, -0.15) is 0 Å². The highest BCUT2D eigenvalue weighted by Crippen LogP contribution is 2.46. The van der Waals surface area contributed by atoms with Gasteiger partial charge < -0.3 is 9.88 Å². The summed E-state index contributed by atoms with van der Waals surface area (Å²) in [7, 11) is 0. The second kappa shape index (κ2) is 13.0. The number of para-hydroxylation sites is 2. The Labute approximate surface area is 337 Å². The van der Waals surface area contributed by atoms with E-state index >= 15 is 0 Å². The van der Waals surface area contributed by atoms with E-state index in [9.17, 15) is 0 Å². The SMILES string of the molecule is C1=CCCC(C2=NC(c3ccc4sc5ccc(-c6cccc7sc8cccc(-n9c%10ccccc%10c%10ccccc%109)c8c67)cc5c4c3)=NC(c3ccccc3)N2)=C1. The minimum absolute atomic E-state index is 0.213. The van der Waals surface area contributed by atoms with Crippen molar-refractivity contribution in [3.63, 3.8) is 0 Å². The molecule has 4 heterocycles. The van der Waals surface area contributed by atoms with Crippen LogP contribution >= 0.6 is 22.7 Å². The number of fused-ring (bicyclic) bond motifs is 9. The molecule has 4 nitrogen and oxygen atoms in total. The van der Waals surface area contributed by atoms with E-state index in [1.54, 1.807) is 0 Å². The molecule has 0 radical (unpaired) electrons. The van der Waals surface area contributed by atoms with E-state index in [1.165, 1.54) is 84.5 Å². The van der Waals surface area contributed by atoms with Gasteiger partial charge in [-0.05, 0) is 95.8 Å². The topological polar surface area (TPSA) is 41.7 Å². The van der Waals surface area contributed by atoms with Crippen molar-refractivity contribution in [2.45, 2.75) is 19.0 Å². The van der Waals surface area contributed by atoms with Crippen LogP contribution in [0.25, 0.3) is 79.0 Å². The summed E-state index contributed by atoms with van der Waals surface area (Å²) in [6.45, 7) is 0. The van der Waals surface area contributed by atoms with E-state index < -0.39 is 0 Å². The maximum Gasteiger partial charge on any atom is 0.159 e. The van der Waals surface area contributed by atoms with Gasteiger partial charge in [0, 0.05) is 56.7 Å². The largest absolute Gasteiger partial charge is 0.344 e. The fourth-order valence-corrected chi connectivity index (χ4v) is 11.1. The summed E-state index contributed by atoms with van der Waals surface area (Å²) in [6.07, 6.45) is 8.29. The number of benzene rings is 7. The van der Waals surface area contributed by atoms with Crippen molar-refractivity contribution in [3.8, 4) is 16.8 Å². The molecule has 3 aromatic heterocycles. The fraction of sp³-hybridized carbons (Fsp3) is 0.0588. The second-order valence-corrected chi connectivity index (χ2v) is 17.0. The van der Waals surface area contributed by atoms with Crippen molar-refractivity contribution in [2.24, 2.45) is 9.98 Å². The first-order valence-electron chi connectivity index (χ1n) is 19.5. The summed E-state index contributed by atoms with van der Waals surface area (Å²) >= 11 is 3.72. The van der Waals surface area contributed by atoms with Crippen molar-refractivity contribution in [1.29, 1.82) is 0 Å². The van der Waals surface area contributed by atoms with Crippen LogP contribution in [0, 0.1) is 0 Å². The van der Waals surface area contributed by atoms with Gasteiger partial charge in [0.05, 0.1) is 16.7 Å². The van der Waals surface area contributed by atoms with Gasteiger partial charge >= 0.3 is 0 Å². The van der Waals surface area contributed by atoms with Gasteiger partial charge in [-0.3, -0.25) is 0 Å². The smallest absolute Gasteiger partial charge is 0.159 e. The molecular formula is C51H34N4S2. The predicted octanol–water partition coefficient (Wildman–Crippen LogP) is 13.9. The summed E-state index contributed by atoms with van der Waals surface area (Å²) in [6, 6.07) is 55.4. The third-order valence-corrected chi connectivity index (χ3v) is 13.8. The molecule has 1 aliphatic heterocycles. The Morgan fingerprint density at radius 3 is 2.00 bits per heavy atom. The van der Waals surface area contributed by atoms with E-state index in [2.05, 4.69) is 180 Å². The molecule has 1 unspecified atom stereocenters. The fourth-order valence-electron chi connectivity index (χ4n) is 8.89. The van der Waals surface area contributed by atoms with Crippen molar-refractivity contribution < 1.29 is 0 Å². The Morgan fingerprint density at radius 1 is 0.579 bits per heavy atom. The van der Waals surface area contributed by atoms with Gasteiger partial charge in [0.1, 0.15) is 12.0 Å². The lowest BCUT2D eigenvalue weighted by Gasteiger charge is -2.25. The number of thiophene rings is 2. The standard InChI is InChI=1S/C51H34N4S2/c1-3-13-31(14-4-1)49-52-50(32-15-5-2-6-16-32)54-51(53-49)34-26-28-44-39(30-34)38-29-33(25-27-43(38)56-44)35-19-11-23-45-47(35)48-42(22-12-24-46(48)57-45)55-40-20-9-7-17-36(40)37-18-8-10-21-41(37)55/h1-5,7-15,17-30,49H,6,16H2,(H,52,53,54). The molecule has 7 aromatic carbocycles. The maximum absolute atomic E-state index is 5.20. The lowest BCUT2D eigenvalue weighted by Crippen LogP contribution is -2.34. The van der Waals surface area contributed by atoms with E-state index in [1.807, 2.05) is 22.7 Å². The number of nitrogens with one attached hydrogen (secondary N) is 1. The van der Waals surface area contributed by atoms with Crippen LogP contribution in [0.4, 0.5) is 0 Å². The van der Waals surface area contributed by atoms with Gasteiger partial charge in [-0.1, -0.05) is 109 Å². The maximum atomic E-state index is 5.20. The lowest BCUT2D eigenvalue weighted by molar-refractivity contribution is 0.671. The predicted molar refractivity (Wildman–Crippen MR) is 245 cm³/mol. The Morgan fingerprint density at radius 2 is 1.25 bits per heavy atom. The summed E-state index contributed by atoms with van der Waals surface area (Å²) in [5.41, 5.74) is 9.50. The zero-order chi connectivity index (χ0) is 37.5. The summed E-state index contributed by atoms with van der Waals surface area (Å²) in [5.74, 6) is 1.67. The number of rotatable bonds is 5. The molecule has 0 fully saturated rings. The molecule has 0 amide bonds. The van der Waals surface area contributed by atoms with E-state index in [0.717, 1.165) is 35.6 Å². The second-order valence-electron chi connectivity index (χ2n) is 14.9. The first-order valence-corrected chi connectivity index (χ1v) is 21.1. The molecule has 0 bridgehead atoms. The summed E-state index contributed by atoms with van der Waals surface area (Å²) in [4.78, 5) is 10.4. The van der Waals surface area contributed by atoms with Gasteiger partial charge in [0.2, 0.25) is 0 Å². The molecule has 10 aromatic rings. The zero-order valence-corrected chi connectivity index (χ0v) is 32.4. The van der Waals surface area contributed by atoms with E-state index in [0.29, 0.717) is 0 Å². The van der Waals surface area contributed by atoms with Crippen LogP contribution in [0.2, 0.25) is 0 Å². The molecule has 270 valence electrons. The molecule has 57 heavy (non-hydrogen) atoms. The highest BCUT2D eigenvalue weighted by molar-refractivity contribution is 7.26. The highest BCUT2D eigenvalue weighted by atomic mass is 32.1. The Balaban J connectivity index is 1.03. The first kappa shape index (κ1) is 32.6. The molecular weight excluding hydrogens is 733 g/mol. The monoisotopic (exact) mass is 766 g/mol. The molecule has 1 atom stereocenters. The van der Waals surface area contributed by atoms with Gasteiger partial charge in [0.25, 0.3) is 0 Å². The molecule has 6 heteroatoms. The van der Waals surface area contributed by atoms with Crippen LogP contribution in [0.3, 0.4) is 0 Å². The number of aromatic nitrogens is 1. The number of nitrogens with zero attached hydrogens (tertiary/aromatic N) is 3. The summed E-state index contributed by atoms with van der Waals surface area (Å²) in [5, 5.41) is 11.3. The van der Waals surface area contributed by atoms with Crippen LogP contribution < -0.4 is 5.32 Å². The third-order valence-electron chi connectivity index (χ3n) is 11.5. The van der Waals surface area contributed by atoms with Crippen molar-refractivity contribution >= 4 is 96.5 Å². The van der Waals surface area contributed by atoms with Gasteiger partial charge in [0.15, 0.2) is 5.84 Å². The molecule has 2 aliphatic rings. The van der Waals surface area contributed by atoms with Crippen LogP contribution in [-0.2, 0) is 0 Å². The minimum Gasteiger partial charge on any atom is -0.344 e.